The van der Waals surface area contributed by atoms with Crippen molar-refractivity contribution in [2.75, 3.05) is 7.11 Å². The fourth-order valence-electron chi connectivity index (χ4n) is 2.94. The molecule has 0 unspecified atom stereocenters. The van der Waals surface area contributed by atoms with Gasteiger partial charge in [0.2, 0.25) is 0 Å². The Balaban J connectivity index is 1.80. The Morgan fingerprint density at radius 1 is 0.933 bits per heavy atom. The maximum Gasteiger partial charge on any atom is 0.146 e. The summed E-state index contributed by atoms with van der Waals surface area (Å²) in [5.41, 5.74) is 10.7. The number of halogens is 1. The third-order valence-corrected chi connectivity index (χ3v) is 5.63. The van der Waals surface area contributed by atoms with E-state index in [-0.39, 0.29) is 5.82 Å². The molecule has 3 aromatic carbocycles. The lowest BCUT2D eigenvalue weighted by Crippen LogP contribution is -2.12. The highest BCUT2D eigenvalue weighted by Crippen LogP contribution is 2.40. The van der Waals surface area contributed by atoms with Crippen molar-refractivity contribution in [3.8, 4) is 27.6 Å². The Morgan fingerprint density at radius 2 is 1.57 bits per heavy atom. The van der Waals surface area contributed by atoms with Crippen molar-refractivity contribution in [2.45, 2.75) is 6.92 Å². The second-order valence-electron chi connectivity index (χ2n) is 6.77. The summed E-state index contributed by atoms with van der Waals surface area (Å²) in [6.45, 7) is 2.04. The van der Waals surface area contributed by atoms with Crippen molar-refractivity contribution < 1.29 is 9.13 Å². The van der Waals surface area contributed by atoms with E-state index in [1.165, 1.54) is 29.0 Å². The molecule has 1 heterocycles. The molecular formula is C24H20FN3OS. The van der Waals surface area contributed by atoms with Crippen LogP contribution in [0.25, 0.3) is 21.8 Å². The Bertz CT molecular complexity index is 1180. The first kappa shape index (κ1) is 19.8. The number of benzene rings is 3. The molecular weight excluding hydrogens is 397 g/mol. The first-order valence-electron chi connectivity index (χ1n) is 9.36. The molecule has 0 atom stereocenters. The van der Waals surface area contributed by atoms with Gasteiger partial charge < -0.3 is 10.5 Å². The van der Waals surface area contributed by atoms with Gasteiger partial charge in [-0.25, -0.2) is 14.4 Å². The number of nitrogens with zero attached hydrogens (tertiary/aromatic N) is 2. The molecule has 1 aromatic heterocycles. The van der Waals surface area contributed by atoms with E-state index < -0.39 is 0 Å². The lowest BCUT2D eigenvalue weighted by atomic mass is 10.1. The number of amidine groups is 1. The van der Waals surface area contributed by atoms with E-state index in [0.29, 0.717) is 16.4 Å². The topological polar surface area (TPSA) is 60.5 Å². The monoisotopic (exact) mass is 417 g/mol. The van der Waals surface area contributed by atoms with Crippen molar-refractivity contribution >= 4 is 22.2 Å². The number of methoxy groups -OCH3 is 1. The number of rotatable bonds is 5. The Hall–Kier alpha value is -3.51. The maximum atomic E-state index is 13.2. The molecule has 0 aliphatic rings. The second kappa shape index (κ2) is 8.47. The van der Waals surface area contributed by atoms with Crippen LogP contribution in [0, 0.1) is 12.7 Å². The molecule has 30 heavy (non-hydrogen) atoms. The van der Waals surface area contributed by atoms with Gasteiger partial charge in [0.1, 0.15) is 33.1 Å². The van der Waals surface area contributed by atoms with E-state index >= 15 is 0 Å². The standard InChI is InChI=1S/C24H20FN3OS/c1-15-3-5-16(6-4-15)21-24(28-22(26)17-7-11-19(25)12-8-17)30-23(27-21)18-9-13-20(29-2)14-10-18/h3-14H,1-2H3,(H2,26,28). The average Bonchev–Trinajstić information content (AvgIpc) is 3.18. The van der Waals surface area contributed by atoms with Crippen LogP contribution in [-0.2, 0) is 0 Å². The minimum Gasteiger partial charge on any atom is -0.497 e. The molecule has 0 radical (unpaired) electrons. The van der Waals surface area contributed by atoms with E-state index in [1.807, 2.05) is 55.5 Å². The number of thiazole rings is 1. The molecule has 0 aliphatic carbocycles. The number of aromatic nitrogens is 1. The van der Waals surface area contributed by atoms with Crippen LogP contribution in [-0.4, -0.2) is 17.9 Å². The molecule has 0 saturated heterocycles. The number of hydrogen-bond donors (Lipinski definition) is 1. The van der Waals surface area contributed by atoms with Crippen LogP contribution >= 0.6 is 11.3 Å². The van der Waals surface area contributed by atoms with Gasteiger partial charge in [-0.2, -0.15) is 0 Å². The van der Waals surface area contributed by atoms with Gasteiger partial charge in [0.25, 0.3) is 0 Å². The summed E-state index contributed by atoms with van der Waals surface area (Å²) in [4.78, 5) is 9.49. The molecule has 6 heteroatoms. The fraction of sp³-hybridized carbons (Fsp3) is 0.0833. The van der Waals surface area contributed by atoms with Crippen LogP contribution < -0.4 is 10.5 Å². The lowest BCUT2D eigenvalue weighted by molar-refractivity contribution is 0.415. The molecule has 0 aliphatic heterocycles. The van der Waals surface area contributed by atoms with Gasteiger partial charge in [-0.15, -0.1) is 0 Å². The largest absolute Gasteiger partial charge is 0.497 e. The second-order valence-corrected chi connectivity index (χ2v) is 7.75. The maximum absolute atomic E-state index is 13.2. The van der Waals surface area contributed by atoms with Gasteiger partial charge >= 0.3 is 0 Å². The molecule has 0 amide bonds. The molecule has 4 nitrogen and oxygen atoms in total. The highest BCUT2D eigenvalue weighted by Gasteiger charge is 2.15. The summed E-state index contributed by atoms with van der Waals surface area (Å²) in [6.07, 6.45) is 0. The summed E-state index contributed by atoms with van der Waals surface area (Å²) >= 11 is 1.46. The molecule has 0 fully saturated rings. The minimum atomic E-state index is -0.313. The van der Waals surface area contributed by atoms with Crippen molar-refractivity contribution in [3.05, 3.63) is 89.7 Å². The van der Waals surface area contributed by atoms with Crippen LogP contribution in [0.15, 0.2) is 77.8 Å². The summed E-state index contributed by atoms with van der Waals surface area (Å²) in [5, 5.41) is 1.53. The zero-order chi connectivity index (χ0) is 21.1. The molecule has 2 N–H and O–H groups in total. The Kier molecular flexibility index (Phi) is 5.59. The fourth-order valence-corrected chi connectivity index (χ4v) is 3.92. The smallest absolute Gasteiger partial charge is 0.146 e. The van der Waals surface area contributed by atoms with E-state index in [0.717, 1.165) is 27.6 Å². The van der Waals surface area contributed by atoms with E-state index in [2.05, 4.69) is 4.99 Å². The van der Waals surface area contributed by atoms with E-state index in [4.69, 9.17) is 15.5 Å². The van der Waals surface area contributed by atoms with Crippen molar-refractivity contribution in [1.82, 2.24) is 4.98 Å². The molecule has 0 bridgehead atoms. The van der Waals surface area contributed by atoms with E-state index in [9.17, 15) is 4.39 Å². The molecule has 150 valence electrons. The Morgan fingerprint density at radius 3 is 2.20 bits per heavy atom. The minimum absolute atomic E-state index is 0.313. The summed E-state index contributed by atoms with van der Waals surface area (Å²) in [7, 11) is 1.64. The van der Waals surface area contributed by atoms with Crippen LogP contribution in [0.2, 0.25) is 0 Å². The van der Waals surface area contributed by atoms with Crippen molar-refractivity contribution in [3.63, 3.8) is 0 Å². The van der Waals surface area contributed by atoms with Crippen molar-refractivity contribution in [2.24, 2.45) is 10.7 Å². The SMILES string of the molecule is COc1ccc(-c2nc(-c3ccc(C)cc3)c(/N=C(\N)c3ccc(F)cc3)s2)cc1. The molecule has 0 spiro atoms. The van der Waals surface area contributed by atoms with Crippen LogP contribution in [0.4, 0.5) is 9.39 Å². The number of ether oxygens (including phenoxy) is 1. The first-order chi connectivity index (χ1) is 14.5. The van der Waals surface area contributed by atoms with Gasteiger partial charge in [0.05, 0.1) is 7.11 Å². The van der Waals surface area contributed by atoms with Crippen molar-refractivity contribution in [1.29, 1.82) is 0 Å². The Labute approximate surface area is 178 Å². The van der Waals surface area contributed by atoms with Gasteiger partial charge in [-0.1, -0.05) is 41.2 Å². The van der Waals surface area contributed by atoms with Crippen LogP contribution in [0.1, 0.15) is 11.1 Å². The first-order valence-corrected chi connectivity index (χ1v) is 10.2. The highest BCUT2D eigenvalue weighted by atomic mass is 32.1. The average molecular weight is 418 g/mol. The van der Waals surface area contributed by atoms with E-state index in [1.54, 1.807) is 19.2 Å². The van der Waals surface area contributed by atoms with Gasteiger partial charge in [-0.3, -0.25) is 0 Å². The predicted octanol–water partition coefficient (Wildman–Crippen LogP) is 5.97. The quantitative estimate of drug-likeness (QED) is 0.321. The zero-order valence-electron chi connectivity index (χ0n) is 16.6. The summed E-state index contributed by atoms with van der Waals surface area (Å²) in [5.74, 6) is 0.785. The zero-order valence-corrected chi connectivity index (χ0v) is 17.4. The number of aryl methyl sites for hydroxylation is 1. The summed E-state index contributed by atoms with van der Waals surface area (Å²) < 4.78 is 18.5. The molecule has 4 rings (SSSR count). The summed E-state index contributed by atoms with van der Waals surface area (Å²) in [6, 6.07) is 21.8. The third-order valence-electron chi connectivity index (χ3n) is 4.63. The highest BCUT2D eigenvalue weighted by molar-refractivity contribution is 7.19. The molecule has 4 aromatic rings. The number of hydrogen-bond acceptors (Lipinski definition) is 4. The van der Waals surface area contributed by atoms with Crippen LogP contribution in [0.5, 0.6) is 5.75 Å². The predicted molar refractivity (Wildman–Crippen MR) is 121 cm³/mol. The number of nitrogens with two attached hydrogens (primary N) is 1. The lowest BCUT2D eigenvalue weighted by Gasteiger charge is -2.02. The molecule has 0 saturated carbocycles. The third kappa shape index (κ3) is 4.23. The number of aliphatic imine (C=N–C) groups is 1. The van der Waals surface area contributed by atoms with Gasteiger partial charge in [0.15, 0.2) is 0 Å². The van der Waals surface area contributed by atoms with Crippen LogP contribution in [0.3, 0.4) is 0 Å². The van der Waals surface area contributed by atoms with Gasteiger partial charge in [0, 0.05) is 16.7 Å². The van der Waals surface area contributed by atoms with Gasteiger partial charge in [-0.05, 0) is 55.5 Å². The normalized spacial score (nSPS) is 11.5.